The van der Waals surface area contributed by atoms with Crippen molar-refractivity contribution in [1.29, 1.82) is 0 Å². The smallest absolute Gasteiger partial charge is 0.262 e. The Morgan fingerprint density at radius 2 is 1.88 bits per heavy atom. The van der Waals surface area contributed by atoms with Crippen molar-refractivity contribution >= 4 is 15.9 Å². The Hall–Kier alpha value is -1.64. The van der Waals surface area contributed by atoms with Crippen LogP contribution in [-0.4, -0.2) is 41.5 Å². The maximum atomic E-state index is 13.1. The molecular formula is C16H26N2O5S. The molecule has 24 heavy (non-hydrogen) atoms. The zero-order chi connectivity index (χ0) is 18.7. The number of hydroxylamine groups is 1. The van der Waals surface area contributed by atoms with Gasteiger partial charge in [0.05, 0.1) is 4.90 Å². The largest absolute Gasteiger partial charge is 0.508 e. The van der Waals surface area contributed by atoms with Gasteiger partial charge >= 0.3 is 0 Å². The maximum Gasteiger partial charge on any atom is 0.262 e. The molecular weight excluding hydrogens is 332 g/mol. The van der Waals surface area contributed by atoms with Gasteiger partial charge in [-0.05, 0) is 29.5 Å². The van der Waals surface area contributed by atoms with Gasteiger partial charge in [0.25, 0.3) is 5.91 Å². The molecule has 0 saturated heterocycles. The molecule has 0 aliphatic heterocycles. The normalized spacial score (nSPS) is 14.0. The molecule has 0 heterocycles. The monoisotopic (exact) mass is 358 g/mol. The van der Waals surface area contributed by atoms with Gasteiger partial charge in [-0.2, -0.15) is 4.31 Å². The molecule has 0 spiro atoms. The molecule has 0 bridgehead atoms. The van der Waals surface area contributed by atoms with Gasteiger partial charge in [0.1, 0.15) is 11.8 Å². The minimum Gasteiger partial charge on any atom is -0.508 e. The van der Waals surface area contributed by atoms with E-state index in [9.17, 15) is 18.3 Å². The lowest BCUT2D eigenvalue weighted by Crippen LogP contribution is -2.56. The van der Waals surface area contributed by atoms with Crippen molar-refractivity contribution in [3.05, 3.63) is 24.3 Å². The van der Waals surface area contributed by atoms with Crippen molar-refractivity contribution in [2.24, 2.45) is 11.3 Å². The molecule has 3 N–H and O–H groups in total. The number of rotatable bonds is 6. The lowest BCUT2D eigenvalue weighted by molar-refractivity contribution is -0.136. The Kier molecular flexibility index (Phi) is 6.38. The second-order valence-corrected chi connectivity index (χ2v) is 9.10. The summed E-state index contributed by atoms with van der Waals surface area (Å²) in [7, 11) is -4.05. The van der Waals surface area contributed by atoms with Gasteiger partial charge in [-0.1, -0.05) is 40.7 Å². The number of carbonyl (C=O) groups is 1. The van der Waals surface area contributed by atoms with E-state index in [1.807, 2.05) is 13.8 Å². The second kappa shape index (κ2) is 7.50. The minimum absolute atomic E-state index is 0.0478. The summed E-state index contributed by atoms with van der Waals surface area (Å²) in [5, 5.41) is 18.7. The summed E-state index contributed by atoms with van der Waals surface area (Å²) in [5.74, 6) is -1.03. The van der Waals surface area contributed by atoms with Gasteiger partial charge in [0.15, 0.2) is 0 Å². The zero-order valence-corrected chi connectivity index (χ0v) is 15.5. The lowest BCUT2D eigenvalue weighted by Gasteiger charge is -2.38. The molecule has 0 aliphatic rings. The van der Waals surface area contributed by atoms with E-state index in [4.69, 9.17) is 5.21 Å². The first-order valence-electron chi connectivity index (χ1n) is 7.66. The van der Waals surface area contributed by atoms with E-state index >= 15 is 0 Å². The van der Waals surface area contributed by atoms with Crippen molar-refractivity contribution in [3.8, 4) is 5.75 Å². The third-order valence-electron chi connectivity index (χ3n) is 3.44. The third-order valence-corrected chi connectivity index (χ3v) is 5.26. The second-order valence-electron chi connectivity index (χ2n) is 7.21. The Bertz CT molecular complexity index is 680. The van der Waals surface area contributed by atoms with Crippen LogP contribution in [0.1, 0.15) is 34.6 Å². The van der Waals surface area contributed by atoms with E-state index in [0.29, 0.717) is 0 Å². The highest BCUT2D eigenvalue weighted by atomic mass is 32.2. The van der Waals surface area contributed by atoms with E-state index in [1.165, 1.54) is 18.2 Å². The van der Waals surface area contributed by atoms with Crippen molar-refractivity contribution in [2.45, 2.75) is 45.6 Å². The van der Waals surface area contributed by atoms with Gasteiger partial charge in [0.2, 0.25) is 10.0 Å². The molecule has 1 aromatic carbocycles. The van der Waals surface area contributed by atoms with Crippen LogP contribution in [-0.2, 0) is 14.8 Å². The van der Waals surface area contributed by atoms with Gasteiger partial charge in [-0.15, -0.1) is 0 Å². The summed E-state index contributed by atoms with van der Waals surface area (Å²) in [4.78, 5) is 12.1. The summed E-state index contributed by atoms with van der Waals surface area (Å²) >= 11 is 0. The SMILES string of the molecule is CC(C)CN([C@@H](C(=O)NO)C(C)(C)C)S(=O)(=O)c1cccc(O)c1. The van der Waals surface area contributed by atoms with E-state index < -0.39 is 27.4 Å². The third kappa shape index (κ3) is 4.68. The number of benzene rings is 1. The first-order valence-corrected chi connectivity index (χ1v) is 9.10. The number of aromatic hydroxyl groups is 1. The first kappa shape index (κ1) is 20.4. The average Bonchev–Trinajstić information content (AvgIpc) is 2.44. The number of carbonyl (C=O) groups excluding carboxylic acids is 1. The van der Waals surface area contributed by atoms with Crippen LogP contribution in [0.2, 0.25) is 0 Å². The standard InChI is InChI=1S/C16H26N2O5S/c1-11(2)10-18(14(15(20)17-21)16(3,4)5)24(22,23)13-8-6-7-12(19)9-13/h6-9,11,14,19,21H,10H2,1-5H3,(H,17,20)/t14-/m0/s1. The van der Waals surface area contributed by atoms with E-state index in [2.05, 4.69) is 0 Å². The van der Waals surface area contributed by atoms with Crippen molar-refractivity contribution in [3.63, 3.8) is 0 Å². The Morgan fingerprint density at radius 1 is 1.29 bits per heavy atom. The number of nitrogens with zero attached hydrogens (tertiary/aromatic N) is 1. The van der Waals surface area contributed by atoms with Crippen molar-refractivity contribution in [1.82, 2.24) is 9.79 Å². The molecule has 8 heteroatoms. The van der Waals surface area contributed by atoms with Crippen LogP contribution < -0.4 is 5.48 Å². The summed E-state index contributed by atoms with van der Waals surface area (Å²) < 4.78 is 27.2. The van der Waals surface area contributed by atoms with Gasteiger partial charge in [-0.25, -0.2) is 13.9 Å². The quantitative estimate of drug-likeness (QED) is 0.532. The molecule has 0 aromatic heterocycles. The molecule has 7 nitrogen and oxygen atoms in total. The fraction of sp³-hybridized carbons (Fsp3) is 0.562. The summed E-state index contributed by atoms with van der Waals surface area (Å²) in [6.07, 6.45) is 0. The predicted molar refractivity (Wildman–Crippen MR) is 90.0 cm³/mol. The molecule has 0 fully saturated rings. The maximum absolute atomic E-state index is 13.1. The van der Waals surface area contributed by atoms with Crippen molar-refractivity contribution in [2.75, 3.05) is 6.54 Å². The molecule has 0 saturated carbocycles. The molecule has 1 aromatic rings. The number of hydrogen-bond donors (Lipinski definition) is 3. The van der Waals surface area contributed by atoms with Crippen LogP contribution in [0.25, 0.3) is 0 Å². The highest BCUT2D eigenvalue weighted by molar-refractivity contribution is 7.89. The number of phenols is 1. The topological polar surface area (TPSA) is 107 Å². The van der Waals surface area contributed by atoms with Crippen LogP contribution in [0.4, 0.5) is 0 Å². The minimum atomic E-state index is -4.05. The van der Waals surface area contributed by atoms with E-state index in [0.717, 1.165) is 10.4 Å². The number of amides is 1. The van der Waals surface area contributed by atoms with Crippen LogP contribution in [0.15, 0.2) is 29.2 Å². The molecule has 1 rings (SSSR count). The zero-order valence-electron chi connectivity index (χ0n) is 14.6. The first-order chi connectivity index (χ1) is 10.9. The highest BCUT2D eigenvalue weighted by Crippen LogP contribution is 2.31. The molecule has 0 unspecified atom stereocenters. The fourth-order valence-electron chi connectivity index (χ4n) is 2.50. The van der Waals surface area contributed by atoms with Gasteiger partial charge in [-0.3, -0.25) is 10.0 Å². The molecule has 0 radical (unpaired) electrons. The van der Waals surface area contributed by atoms with Gasteiger partial charge < -0.3 is 5.11 Å². The van der Waals surface area contributed by atoms with Crippen LogP contribution in [0.5, 0.6) is 5.75 Å². The molecule has 0 aliphatic carbocycles. The molecule has 136 valence electrons. The number of sulfonamides is 1. The van der Waals surface area contributed by atoms with Gasteiger partial charge in [0, 0.05) is 6.54 Å². The van der Waals surface area contributed by atoms with E-state index in [1.54, 1.807) is 26.3 Å². The summed E-state index contributed by atoms with van der Waals surface area (Å²) in [6.45, 7) is 8.92. The van der Waals surface area contributed by atoms with Crippen LogP contribution >= 0.6 is 0 Å². The summed E-state index contributed by atoms with van der Waals surface area (Å²) in [6, 6.07) is 4.18. The molecule has 1 atom stereocenters. The fourth-order valence-corrected chi connectivity index (χ4v) is 4.47. The van der Waals surface area contributed by atoms with Crippen LogP contribution in [0.3, 0.4) is 0 Å². The predicted octanol–water partition coefficient (Wildman–Crippen LogP) is 1.96. The molecule has 1 amide bonds. The Balaban J connectivity index is 3.51. The van der Waals surface area contributed by atoms with Crippen molar-refractivity contribution < 1.29 is 23.5 Å². The number of hydrogen-bond acceptors (Lipinski definition) is 5. The lowest BCUT2D eigenvalue weighted by atomic mass is 9.86. The average molecular weight is 358 g/mol. The van der Waals surface area contributed by atoms with Crippen LogP contribution in [0, 0.1) is 11.3 Å². The number of phenolic OH excluding ortho intramolecular Hbond substituents is 1. The Labute approximate surface area is 143 Å². The van der Waals surface area contributed by atoms with E-state index in [-0.39, 0.29) is 23.1 Å². The highest BCUT2D eigenvalue weighted by Gasteiger charge is 2.43. The number of nitrogens with one attached hydrogen (secondary N) is 1. The Morgan fingerprint density at radius 3 is 2.29 bits per heavy atom. The summed E-state index contributed by atoms with van der Waals surface area (Å²) in [5.41, 5.74) is 0.808.